The Hall–Kier alpha value is 0.487. The summed E-state index contributed by atoms with van der Waals surface area (Å²) < 4.78 is 49.0. The SMILES string of the molecule is CS(=O)(=O)CCC=S(=O)([O-])O.[Li+]. The zero-order chi connectivity index (χ0) is 9.12. The van der Waals surface area contributed by atoms with Crippen LogP contribution in [0.1, 0.15) is 6.42 Å². The van der Waals surface area contributed by atoms with Gasteiger partial charge in [-0.1, -0.05) is 0 Å². The van der Waals surface area contributed by atoms with Gasteiger partial charge in [0, 0.05) is 16.3 Å². The van der Waals surface area contributed by atoms with Crippen molar-refractivity contribution in [1.29, 1.82) is 0 Å². The molecule has 0 aliphatic heterocycles. The van der Waals surface area contributed by atoms with Gasteiger partial charge in [0.2, 0.25) is 0 Å². The van der Waals surface area contributed by atoms with Crippen molar-refractivity contribution in [3.8, 4) is 0 Å². The summed E-state index contributed by atoms with van der Waals surface area (Å²) in [5.74, 6) is -0.271. The number of sulfone groups is 1. The van der Waals surface area contributed by atoms with Crippen LogP contribution in [0.3, 0.4) is 0 Å². The number of rotatable bonds is 3. The van der Waals surface area contributed by atoms with Gasteiger partial charge >= 0.3 is 18.9 Å². The van der Waals surface area contributed by atoms with Crippen molar-refractivity contribution in [1.82, 2.24) is 0 Å². The van der Waals surface area contributed by atoms with Gasteiger partial charge < -0.3 is 9.11 Å². The van der Waals surface area contributed by atoms with Crippen molar-refractivity contribution < 1.29 is 40.6 Å². The number of hydrogen-bond donors (Lipinski definition) is 1. The molecule has 1 N–H and O–H groups in total. The Morgan fingerprint density at radius 1 is 1.42 bits per heavy atom. The molecule has 0 amide bonds. The van der Waals surface area contributed by atoms with Gasteiger partial charge in [0.1, 0.15) is 9.84 Å². The fourth-order valence-electron chi connectivity index (χ4n) is 0.411. The predicted octanol–water partition coefficient (Wildman–Crippen LogP) is -3.88. The summed E-state index contributed by atoms with van der Waals surface area (Å²) in [6.07, 6.45) is 0.808. The minimum atomic E-state index is -4.14. The molecule has 5 nitrogen and oxygen atoms in total. The monoisotopic (exact) mass is 208 g/mol. The first kappa shape index (κ1) is 15.0. The summed E-state index contributed by atoms with van der Waals surface area (Å²) in [5, 5.41) is 0.564. The first-order valence-corrected chi connectivity index (χ1v) is 6.25. The molecule has 0 heterocycles. The predicted molar refractivity (Wildman–Crippen MR) is 41.9 cm³/mol. The molecule has 0 saturated carbocycles. The van der Waals surface area contributed by atoms with Gasteiger partial charge in [0.15, 0.2) is 0 Å². The van der Waals surface area contributed by atoms with Gasteiger partial charge in [-0.3, -0.25) is 4.21 Å². The van der Waals surface area contributed by atoms with Crippen molar-refractivity contribution in [2.24, 2.45) is 0 Å². The van der Waals surface area contributed by atoms with Gasteiger partial charge in [-0.2, -0.15) is 0 Å². The van der Waals surface area contributed by atoms with E-state index in [1.807, 2.05) is 0 Å². The Balaban J connectivity index is 0. The van der Waals surface area contributed by atoms with Crippen molar-refractivity contribution in [2.45, 2.75) is 6.42 Å². The fourth-order valence-corrected chi connectivity index (χ4v) is 1.52. The average molecular weight is 208 g/mol. The van der Waals surface area contributed by atoms with E-state index in [9.17, 15) is 17.2 Å². The van der Waals surface area contributed by atoms with Gasteiger partial charge in [-0.25, -0.2) is 8.42 Å². The van der Waals surface area contributed by atoms with Crippen LogP contribution in [-0.4, -0.2) is 39.1 Å². The summed E-state index contributed by atoms with van der Waals surface area (Å²) in [5.41, 5.74) is 0. The van der Waals surface area contributed by atoms with Crippen molar-refractivity contribution in [2.75, 3.05) is 12.0 Å². The molecule has 0 aromatic carbocycles. The Labute approximate surface area is 84.3 Å². The Morgan fingerprint density at radius 3 is 2.08 bits per heavy atom. The molecule has 68 valence electrons. The first-order chi connectivity index (χ1) is 4.71. The number of hydrogen-bond acceptors (Lipinski definition) is 4. The van der Waals surface area contributed by atoms with Crippen LogP contribution in [0, 0.1) is 0 Å². The van der Waals surface area contributed by atoms with Crippen LogP contribution in [0.5, 0.6) is 0 Å². The van der Waals surface area contributed by atoms with Crippen molar-refractivity contribution in [3.05, 3.63) is 0 Å². The molecule has 0 fully saturated rings. The molecule has 0 bridgehead atoms. The van der Waals surface area contributed by atoms with E-state index in [0.717, 1.165) is 6.26 Å². The molecule has 8 heteroatoms. The quantitative estimate of drug-likeness (QED) is 0.378. The van der Waals surface area contributed by atoms with Gasteiger partial charge in [-0.05, 0) is 11.8 Å². The van der Waals surface area contributed by atoms with E-state index in [1.54, 1.807) is 0 Å². The summed E-state index contributed by atoms with van der Waals surface area (Å²) in [7, 11) is -7.29. The fraction of sp³-hybridized carbons (Fsp3) is 0.750. The topological polar surface area (TPSA) is 94.5 Å². The van der Waals surface area contributed by atoms with E-state index in [1.165, 1.54) is 0 Å². The van der Waals surface area contributed by atoms with Gasteiger partial charge in [0.25, 0.3) is 0 Å². The zero-order valence-corrected chi connectivity index (χ0v) is 8.52. The Bertz CT molecular complexity index is 315. The third-order valence-corrected chi connectivity index (χ3v) is 2.45. The Morgan fingerprint density at radius 2 is 1.83 bits per heavy atom. The molecule has 0 aromatic heterocycles. The van der Waals surface area contributed by atoms with E-state index in [2.05, 4.69) is 0 Å². The molecule has 0 spiro atoms. The maximum Gasteiger partial charge on any atom is 1.00 e. The minimum absolute atomic E-state index is 0. The first-order valence-electron chi connectivity index (χ1n) is 2.69. The molecule has 0 aliphatic rings. The summed E-state index contributed by atoms with van der Waals surface area (Å²) in [6, 6.07) is 0. The van der Waals surface area contributed by atoms with Crippen LogP contribution in [0.4, 0.5) is 0 Å². The van der Waals surface area contributed by atoms with Crippen molar-refractivity contribution >= 4 is 25.3 Å². The third kappa shape index (κ3) is 13.1. The van der Waals surface area contributed by atoms with E-state index < -0.39 is 19.9 Å². The van der Waals surface area contributed by atoms with Crippen LogP contribution in [0.25, 0.3) is 0 Å². The second kappa shape index (κ2) is 5.27. The summed E-state index contributed by atoms with van der Waals surface area (Å²) in [4.78, 5) is 0. The second-order valence-corrected chi connectivity index (χ2v) is 5.72. The second-order valence-electron chi connectivity index (χ2n) is 2.10. The van der Waals surface area contributed by atoms with E-state index >= 15 is 0 Å². The molecular formula is C4H9LiO5S2. The average Bonchev–Trinajstić information content (AvgIpc) is 1.55. The molecule has 12 heavy (non-hydrogen) atoms. The van der Waals surface area contributed by atoms with E-state index in [4.69, 9.17) is 4.55 Å². The standard InChI is InChI=1S/C4H10O5S2.Li/c1-10(5,6)3-2-4-11(7,8)9;/h4H,2-3H2,1H3,(H2,7,8,9);/q;+1/p-1. The zero-order valence-electron chi connectivity index (χ0n) is 6.89. The molecule has 0 radical (unpaired) electrons. The largest absolute Gasteiger partial charge is 1.00 e. The molecule has 1 unspecified atom stereocenters. The molecular weight excluding hydrogens is 199 g/mol. The smallest absolute Gasteiger partial charge is 0.757 e. The minimum Gasteiger partial charge on any atom is -0.757 e. The molecule has 0 aromatic rings. The normalized spacial score (nSPS) is 15.9. The Kier molecular flexibility index (Phi) is 6.58. The van der Waals surface area contributed by atoms with Crippen LogP contribution in [0.2, 0.25) is 0 Å². The van der Waals surface area contributed by atoms with Crippen LogP contribution in [-0.2, 0) is 19.9 Å². The van der Waals surface area contributed by atoms with Gasteiger partial charge in [-0.15, -0.1) is 0 Å². The summed E-state index contributed by atoms with van der Waals surface area (Å²) in [6.45, 7) is 0. The maximum absolute atomic E-state index is 10.4. The van der Waals surface area contributed by atoms with Crippen molar-refractivity contribution in [3.63, 3.8) is 0 Å². The maximum atomic E-state index is 10.4. The van der Waals surface area contributed by atoms with Crippen LogP contribution in [0.15, 0.2) is 0 Å². The summed E-state index contributed by atoms with van der Waals surface area (Å²) >= 11 is 0. The molecule has 0 aliphatic carbocycles. The van der Waals surface area contributed by atoms with E-state index in [0.29, 0.717) is 5.37 Å². The van der Waals surface area contributed by atoms with Crippen LogP contribution < -0.4 is 18.9 Å². The van der Waals surface area contributed by atoms with Gasteiger partial charge in [0.05, 0.1) is 5.75 Å². The molecule has 1 atom stereocenters. The van der Waals surface area contributed by atoms with E-state index in [-0.39, 0.29) is 31.0 Å². The van der Waals surface area contributed by atoms with Crippen LogP contribution >= 0.6 is 0 Å². The third-order valence-electron chi connectivity index (χ3n) is 0.817. The molecule has 0 rings (SSSR count). The molecule has 0 saturated heterocycles.